The van der Waals surface area contributed by atoms with E-state index in [1.165, 1.54) is 128 Å². The summed E-state index contributed by atoms with van der Waals surface area (Å²) in [5, 5.41) is 86.6. The van der Waals surface area contributed by atoms with Gasteiger partial charge in [-0.2, -0.15) is 0 Å². The summed E-state index contributed by atoms with van der Waals surface area (Å²) in [4.78, 5) is 13.1. The van der Waals surface area contributed by atoms with E-state index in [0.717, 1.165) is 32.1 Å². The van der Waals surface area contributed by atoms with Crippen molar-refractivity contribution in [1.29, 1.82) is 0 Å². The van der Waals surface area contributed by atoms with Gasteiger partial charge in [-0.3, -0.25) is 4.79 Å². The Balaban J connectivity index is 1.84. The molecular weight excluding hydrogens is 823 g/mol. The Bertz CT molecular complexity index is 1170. The number of amides is 1. The first kappa shape index (κ1) is 58.6. The monoisotopic (exact) mass is 916 g/mol. The van der Waals surface area contributed by atoms with E-state index >= 15 is 0 Å². The minimum absolute atomic E-state index is 0.251. The zero-order valence-corrected chi connectivity index (χ0v) is 39.8. The molecule has 0 aromatic carbocycles. The van der Waals surface area contributed by atoms with Crippen LogP contribution in [0.3, 0.4) is 0 Å². The SMILES string of the molecule is CCCCCCCCCCCCCCCC/C=C/CC/C=C/C(O)C(COC1OC(CO)C(OC2OC(CO)C(O)C(O)C2O)C(O)C1O)NC(=O)CCCCCCCCCCCC. The second-order valence-electron chi connectivity index (χ2n) is 18.3. The molecule has 1 amide bonds. The van der Waals surface area contributed by atoms with Crippen molar-refractivity contribution < 1.29 is 64.6 Å². The molecular formula is C50H93NO13. The third-order valence-corrected chi connectivity index (χ3v) is 12.6. The molecule has 2 aliphatic rings. The van der Waals surface area contributed by atoms with Gasteiger partial charge in [0.15, 0.2) is 12.6 Å². The number of hydrogen-bond acceptors (Lipinski definition) is 13. The van der Waals surface area contributed by atoms with Gasteiger partial charge in [0.05, 0.1) is 32.0 Å². The molecule has 12 unspecified atom stereocenters. The van der Waals surface area contributed by atoms with Gasteiger partial charge in [-0.1, -0.05) is 179 Å². The van der Waals surface area contributed by atoms with Crippen LogP contribution in [0.1, 0.15) is 194 Å². The molecule has 0 spiro atoms. The van der Waals surface area contributed by atoms with E-state index < -0.39 is 86.8 Å². The third kappa shape index (κ3) is 24.5. The summed E-state index contributed by atoms with van der Waals surface area (Å²) in [6.07, 6.45) is 23.8. The van der Waals surface area contributed by atoms with E-state index in [0.29, 0.717) is 12.8 Å². The van der Waals surface area contributed by atoms with Crippen LogP contribution >= 0.6 is 0 Å². The van der Waals surface area contributed by atoms with E-state index in [9.17, 15) is 45.6 Å². The van der Waals surface area contributed by atoms with E-state index in [1.807, 2.05) is 6.08 Å². The van der Waals surface area contributed by atoms with Crippen LogP contribution < -0.4 is 5.32 Å². The Kier molecular flexibility index (Phi) is 34.3. The van der Waals surface area contributed by atoms with E-state index in [4.69, 9.17) is 18.9 Å². The second kappa shape index (κ2) is 37.5. The molecule has 0 saturated carbocycles. The molecule has 376 valence electrons. The van der Waals surface area contributed by atoms with Crippen molar-refractivity contribution in [3.05, 3.63) is 24.3 Å². The topological polar surface area (TPSA) is 228 Å². The summed E-state index contributed by atoms with van der Waals surface area (Å²) in [6, 6.07) is -0.925. The third-order valence-electron chi connectivity index (χ3n) is 12.6. The van der Waals surface area contributed by atoms with Crippen LogP contribution in [0, 0.1) is 0 Å². The second-order valence-corrected chi connectivity index (χ2v) is 18.3. The molecule has 0 aromatic heterocycles. The lowest BCUT2D eigenvalue weighted by molar-refractivity contribution is -0.359. The van der Waals surface area contributed by atoms with Gasteiger partial charge >= 0.3 is 0 Å². The van der Waals surface area contributed by atoms with Gasteiger partial charge in [-0.15, -0.1) is 0 Å². The number of carbonyl (C=O) groups excluding carboxylic acids is 1. The number of nitrogens with one attached hydrogen (secondary N) is 1. The fraction of sp³-hybridized carbons (Fsp3) is 0.900. The number of aliphatic hydroxyl groups is 8. The van der Waals surface area contributed by atoms with Gasteiger partial charge in [-0.25, -0.2) is 0 Å². The first-order valence-corrected chi connectivity index (χ1v) is 25.6. The van der Waals surface area contributed by atoms with Crippen LogP contribution in [0.2, 0.25) is 0 Å². The van der Waals surface area contributed by atoms with Gasteiger partial charge < -0.3 is 65.1 Å². The number of allylic oxidation sites excluding steroid dienone is 3. The normalized spacial score (nSPS) is 27.4. The molecule has 2 aliphatic heterocycles. The van der Waals surface area contributed by atoms with Crippen LogP contribution in [-0.2, 0) is 23.7 Å². The molecule has 2 rings (SSSR count). The molecule has 12 atom stereocenters. The highest BCUT2D eigenvalue weighted by Crippen LogP contribution is 2.30. The summed E-state index contributed by atoms with van der Waals surface area (Å²) in [7, 11) is 0. The van der Waals surface area contributed by atoms with Crippen LogP contribution in [0.25, 0.3) is 0 Å². The molecule has 0 aromatic rings. The predicted molar refractivity (Wildman–Crippen MR) is 249 cm³/mol. The Morgan fingerprint density at radius 3 is 1.53 bits per heavy atom. The number of unbranched alkanes of at least 4 members (excludes halogenated alkanes) is 24. The lowest BCUT2D eigenvalue weighted by atomic mass is 9.97. The lowest BCUT2D eigenvalue weighted by Gasteiger charge is -2.46. The zero-order valence-electron chi connectivity index (χ0n) is 39.8. The van der Waals surface area contributed by atoms with Crippen LogP contribution in [0.4, 0.5) is 0 Å². The van der Waals surface area contributed by atoms with Crippen molar-refractivity contribution in [2.75, 3.05) is 19.8 Å². The molecule has 14 heteroatoms. The molecule has 64 heavy (non-hydrogen) atoms. The van der Waals surface area contributed by atoms with Gasteiger partial charge in [-0.05, 0) is 32.1 Å². The molecule has 0 radical (unpaired) electrons. The number of aliphatic hydroxyl groups excluding tert-OH is 8. The summed E-state index contributed by atoms with van der Waals surface area (Å²) in [5.41, 5.74) is 0. The first-order valence-electron chi connectivity index (χ1n) is 25.6. The van der Waals surface area contributed by atoms with Crippen molar-refractivity contribution in [2.45, 2.75) is 267 Å². The summed E-state index contributed by atoms with van der Waals surface area (Å²) >= 11 is 0. The molecule has 0 aliphatic carbocycles. The minimum Gasteiger partial charge on any atom is -0.394 e. The average molecular weight is 916 g/mol. The van der Waals surface area contributed by atoms with Gasteiger partial charge in [0, 0.05) is 6.42 Å². The molecule has 2 heterocycles. The van der Waals surface area contributed by atoms with Gasteiger partial charge in [0.1, 0.15) is 48.8 Å². The maximum atomic E-state index is 13.1. The van der Waals surface area contributed by atoms with Crippen molar-refractivity contribution in [3.8, 4) is 0 Å². The van der Waals surface area contributed by atoms with E-state index in [2.05, 4.69) is 31.3 Å². The Hall–Kier alpha value is -1.53. The maximum Gasteiger partial charge on any atom is 0.220 e. The average Bonchev–Trinajstić information content (AvgIpc) is 3.29. The maximum absolute atomic E-state index is 13.1. The molecule has 9 N–H and O–H groups in total. The number of rotatable bonds is 39. The summed E-state index contributed by atoms with van der Waals surface area (Å²) < 4.78 is 22.6. The van der Waals surface area contributed by atoms with Crippen molar-refractivity contribution >= 4 is 5.91 Å². The fourth-order valence-electron chi connectivity index (χ4n) is 8.42. The van der Waals surface area contributed by atoms with E-state index in [1.54, 1.807) is 6.08 Å². The summed E-state index contributed by atoms with van der Waals surface area (Å²) in [5.74, 6) is -0.251. The molecule has 2 fully saturated rings. The van der Waals surface area contributed by atoms with E-state index in [-0.39, 0.29) is 18.9 Å². The van der Waals surface area contributed by atoms with Crippen LogP contribution in [-0.4, -0.2) is 140 Å². The first-order chi connectivity index (χ1) is 31.1. The van der Waals surface area contributed by atoms with Crippen molar-refractivity contribution in [1.82, 2.24) is 5.32 Å². The highest BCUT2D eigenvalue weighted by atomic mass is 16.7. The Morgan fingerprint density at radius 1 is 0.547 bits per heavy atom. The highest BCUT2D eigenvalue weighted by molar-refractivity contribution is 5.76. The van der Waals surface area contributed by atoms with Crippen molar-refractivity contribution in [2.24, 2.45) is 0 Å². The number of ether oxygens (including phenoxy) is 4. The molecule has 2 saturated heterocycles. The van der Waals surface area contributed by atoms with Gasteiger partial charge in [0.25, 0.3) is 0 Å². The Morgan fingerprint density at radius 2 is 1.00 bits per heavy atom. The van der Waals surface area contributed by atoms with Crippen molar-refractivity contribution in [3.63, 3.8) is 0 Å². The van der Waals surface area contributed by atoms with Gasteiger partial charge in [0.2, 0.25) is 5.91 Å². The molecule has 14 nitrogen and oxygen atoms in total. The smallest absolute Gasteiger partial charge is 0.220 e. The molecule has 0 bridgehead atoms. The Labute approximate surface area is 386 Å². The number of carbonyl (C=O) groups is 1. The lowest BCUT2D eigenvalue weighted by Crippen LogP contribution is -2.65. The highest BCUT2D eigenvalue weighted by Gasteiger charge is 2.51. The van der Waals surface area contributed by atoms with Crippen LogP contribution in [0.5, 0.6) is 0 Å². The standard InChI is InChI=1S/C50H93NO13/c1-3-5-7-9-11-13-15-16-17-18-19-20-21-22-23-24-25-27-29-31-33-39(54)38(51-42(55)34-32-30-28-26-14-12-10-8-6-4-2)37-61-49-47(60)45(58)48(41(36-53)63-49)64-50-46(59)44(57)43(56)40(35-52)62-50/h24-25,31,33,38-41,43-50,52-54,56-60H,3-23,26-30,32,34-37H2,1-2H3,(H,51,55)/b25-24+,33-31+. The number of hydrogen-bond donors (Lipinski definition) is 9. The van der Waals surface area contributed by atoms with Crippen LogP contribution in [0.15, 0.2) is 24.3 Å². The minimum atomic E-state index is -1.79. The zero-order chi connectivity index (χ0) is 46.8. The largest absolute Gasteiger partial charge is 0.394 e. The fourth-order valence-corrected chi connectivity index (χ4v) is 8.42. The predicted octanol–water partition coefficient (Wildman–Crippen LogP) is 6.55. The summed E-state index contributed by atoms with van der Waals surface area (Å²) in [6.45, 7) is 2.75. The quantitative estimate of drug-likeness (QED) is 0.0236.